The van der Waals surface area contributed by atoms with Crippen molar-refractivity contribution in [1.82, 2.24) is 29.7 Å². The Labute approximate surface area is 141 Å². The maximum atomic E-state index is 5.01. The zero-order valence-electron chi connectivity index (χ0n) is 14.5. The molecule has 3 aromatic heterocycles. The van der Waals surface area contributed by atoms with Gasteiger partial charge in [-0.2, -0.15) is 10.2 Å². The molecule has 0 bridgehead atoms. The van der Waals surface area contributed by atoms with Crippen LogP contribution in [0.2, 0.25) is 0 Å². The molecule has 0 amide bonds. The molecule has 4 heterocycles. The van der Waals surface area contributed by atoms with Gasteiger partial charge in [-0.05, 0) is 31.4 Å². The van der Waals surface area contributed by atoms with Gasteiger partial charge >= 0.3 is 0 Å². The highest BCUT2D eigenvalue weighted by molar-refractivity contribution is 5.76. The van der Waals surface area contributed by atoms with E-state index in [9.17, 15) is 0 Å². The smallest absolute Gasteiger partial charge is 0.163 e. The average molecular weight is 324 g/mol. The minimum atomic E-state index is 0.396. The summed E-state index contributed by atoms with van der Waals surface area (Å²) in [7, 11) is 1.93. The molecule has 1 atom stereocenters. The summed E-state index contributed by atoms with van der Waals surface area (Å²) in [5.74, 6) is 0.880. The number of piperidine rings is 1. The van der Waals surface area contributed by atoms with E-state index in [0.717, 1.165) is 29.9 Å². The molecule has 1 aliphatic heterocycles. The fourth-order valence-electron chi connectivity index (χ4n) is 3.49. The van der Waals surface area contributed by atoms with Crippen LogP contribution >= 0.6 is 0 Å². The number of fused-ring (bicyclic) bond motifs is 1. The van der Waals surface area contributed by atoms with Gasteiger partial charge < -0.3 is 5.32 Å². The minimum Gasteiger partial charge on any atom is -0.316 e. The Kier molecular flexibility index (Phi) is 3.84. The maximum Gasteiger partial charge on any atom is 0.163 e. The molecule has 1 saturated heterocycles. The fourth-order valence-corrected chi connectivity index (χ4v) is 3.49. The van der Waals surface area contributed by atoms with Crippen LogP contribution in [-0.4, -0.2) is 37.5 Å². The Morgan fingerprint density at radius 3 is 2.79 bits per heavy atom. The van der Waals surface area contributed by atoms with Gasteiger partial charge in [-0.25, -0.2) is 9.50 Å². The van der Waals surface area contributed by atoms with Crippen LogP contribution in [0, 0.1) is 0 Å². The molecule has 1 unspecified atom stereocenters. The zero-order valence-corrected chi connectivity index (χ0v) is 14.5. The first kappa shape index (κ1) is 15.3. The van der Waals surface area contributed by atoms with E-state index in [-0.39, 0.29) is 0 Å². The van der Waals surface area contributed by atoms with Crippen molar-refractivity contribution in [3.05, 3.63) is 36.0 Å². The van der Waals surface area contributed by atoms with Gasteiger partial charge in [0.15, 0.2) is 5.65 Å². The molecule has 6 heteroatoms. The normalized spacial score (nSPS) is 18.6. The number of rotatable bonds is 3. The van der Waals surface area contributed by atoms with Crippen LogP contribution in [0.15, 0.2) is 24.7 Å². The summed E-state index contributed by atoms with van der Waals surface area (Å²) >= 11 is 0. The van der Waals surface area contributed by atoms with Crippen LogP contribution in [0.1, 0.15) is 49.9 Å². The molecular weight excluding hydrogens is 300 g/mol. The maximum absolute atomic E-state index is 5.01. The van der Waals surface area contributed by atoms with E-state index in [1.807, 2.05) is 34.8 Å². The summed E-state index contributed by atoms with van der Waals surface area (Å²) in [5, 5.41) is 12.4. The third-order valence-electron chi connectivity index (χ3n) is 4.84. The van der Waals surface area contributed by atoms with Crippen LogP contribution < -0.4 is 5.32 Å². The molecule has 1 aliphatic rings. The molecular formula is C18H24N6. The molecule has 24 heavy (non-hydrogen) atoms. The van der Waals surface area contributed by atoms with Gasteiger partial charge in [-0.1, -0.05) is 13.8 Å². The molecule has 6 nitrogen and oxygen atoms in total. The van der Waals surface area contributed by atoms with Crippen molar-refractivity contribution in [2.75, 3.05) is 13.1 Å². The Morgan fingerprint density at radius 2 is 2.12 bits per heavy atom. The van der Waals surface area contributed by atoms with E-state index in [1.165, 1.54) is 24.2 Å². The molecule has 1 fully saturated rings. The Hall–Kier alpha value is -2.21. The van der Waals surface area contributed by atoms with Gasteiger partial charge in [0.25, 0.3) is 0 Å². The minimum absolute atomic E-state index is 0.396. The van der Waals surface area contributed by atoms with Crippen LogP contribution in [0.3, 0.4) is 0 Å². The van der Waals surface area contributed by atoms with Crippen LogP contribution in [0.4, 0.5) is 0 Å². The molecule has 4 rings (SSSR count). The second kappa shape index (κ2) is 6.02. The number of aromatic nitrogens is 5. The number of nitrogens with one attached hydrogen (secondary N) is 1. The van der Waals surface area contributed by atoms with Crippen molar-refractivity contribution in [3.63, 3.8) is 0 Å². The lowest BCUT2D eigenvalue weighted by atomic mass is 9.94. The van der Waals surface area contributed by atoms with Crippen molar-refractivity contribution in [1.29, 1.82) is 0 Å². The number of hydrogen-bond donors (Lipinski definition) is 1. The van der Waals surface area contributed by atoms with Crippen LogP contribution in [0.5, 0.6) is 0 Å². The second-order valence-corrected chi connectivity index (χ2v) is 7.00. The summed E-state index contributed by atoms with van der Waals surface area (Å²) in [5.41, 5.74) is 5.46. The molecule has 1 N–H and O–H groups in total. The van der Waals surface area contributed by atoms with Gasteiger partial charge in [0.1, 0.15) is 0 Å². The average Bonchev–Trinajstić information content (AvgIpc) is 3.20. The van der Waals surface area contributed by atoms with Crippen molar-refractivity contribution in [2.24, 2.45) is 7.05 Å². The summed E-state index contributed by atoms with van der Waals surface area (Å²) in [6.45, 7) is 6.55. The highest BCUT2D eigenvalue weighted by atomic mass is 15.3. The first-order valence-electron chi connectivity index (χ1n) is 8.72. The SMILES string of the molecule is CC(C)c1cc(C2CCCNC2)nc2c(-c3cnn(C)c3)cnn12. The highest BCUT2D eigenvalue weighted by Crippen LogP contribution is 2.29. The lowest BCUT2D eigenvalue weighted by Crippen LogP contribution is -2.29. The third kappa shape index (κ3) is 2.60. The van der Waals surface area contributed by atoms with Crippen molar-refractivity contribution in [2.45, 2.75) is 38.5 Å². The monoisotopic (exact) mass is 324 g/mol. The van der Waals surface area contributed by atoms with Gasteiger partial charge in [-0.3, -0.25) is 4.68 Å². The first-order chi connectivity index (χ1) is 11.6. The number of nitrogens with zero attached hydrogens (tertiary/aromatic N) is 5. The van der Waals surface area contributed by atoms with Crippen LogP contribution in [-0.2, 0) is 7.05 Å². The van der Waals surface area contributed by atoms with E-state index in [1.54, 1.807) is 0 Å². The number of hydrogen-bond acceptors (Lipinski definition) is 4. The predicted molar refractivity (Wildman–Crippen MR) is 94.1 cm³/mol. The molecule has 0 spiro atoms. The zero-order chi connectivity index (χ0) is 16.7. The molecule has 0 aliphatic carbocycles. The van der Waals surface area contributed by atoms with E-state index in [0.29, 0.717) is 11.8 Å². The lowest BCUT2D eigenvalue weighted by molar-refractivity contribution is 0.454. The standard InChI is InChI=1S/C18H24N6/c1-12(2)17-7-16(13-5-4-6-19-8-13)22-18-15(10-21-24(17)18)14-9-20-23(3)11-14/h7,9-13,19H,4-6,8H2,1-3H3. The summed E-state index contributed by atoms with van der Waals surface area (Å²) < 4.78 is 3.81. The molecule has 3 aromatic rings. The first-order valence-corrected chi connectivity index (χ1v) is 8.72. The Bertz CT molecular complexity index is 854. The summed E-state index contributed by atoms with van der Waals surface area (Å²) in [6, 6.07) is 2.25. The highest BCUT2D eigenvalue weighted by Gasteiger charge is 2.21. The number of aryl methyl sites for hydroxylation is 1. The topological polar surface area (TPSA) is 60.0 Å². The van der Waals surface area contributed by atoms with Crippen molar-refractivity contribution < 1.29 is 0 Å². The van der Waals surface area contributed by atoms with Crippen molar-refractivity contribution in [3.8, 4) is 11.1 Å². The largest absolute Gasteiger partial charge is 0.316 e. The molecule has 0 saturated carbocycles. The summed E-state index contributed by atoms with van der Waals surface area (Å²) in [6.07, 6.45) is 8.21. The molecule has 0 radical (unpaired) electrons. The van der Waals surface area contributed by atoms with Gasteiger partial charge in [0, 0.05) is 48.2 Å². The van der Waals surface area contributed by atoms with Gasteiger partial charge in [0.2, 0.25) is 0 Å². The predicted octanol–water partition coefficient (Wildman–Crippen LogP) is 2.72. The fraction of sp³-hybridized carbons (Fsp3) is 0.500. The Balaban J connectivity index is 1.88. The van der Waals surface area contributed by atoms with Crippen LogP contribution in [0.25, 0.3) is 16.8 Å². The van der Waals surface area contributed by atoms with E-state index >= 15 is 0 Å². The third-order valence-corrected chi connectivity index (χ3v) is 4.84. The van der Waals surface area contributed by atoms with Crippen molar-refractivity contribution >= 4 is 5.65 Å². The lowest BCUT2D eigenvalue weighted by Gasteiger charge is -2.23. The van der Waals surface area contributed by atoms with Gasteiger partial charge in [0.05, 0.1) is 12.4 Å². The Morgan fingerprint density at radius 1 is 1.25 bits per heavy atom. The van der Waals surface area contributed by atoms with E-state index in [2.05, 4.69) is 35.4 Å². The van der Waals surface area contributed by atoms with E-state index < -0.39 is 0 Å². The quantitative estimate of drug-likeness (QED) is 0.805. The second-order valence-electron chi connectivity index (χ2n) is 7.00. The summed E-state index contributed by atoms with van der Waals surface area (Å²) in [4.78, 5) is 5.01. The van der Waals surface area contributed by atoms with E-state index in [4.69, 9.17) is 4.98 Å². The van der Waals surface area contributed by atoms with Gasteiger partial charge in [-0.15, -0.1) is 0 Å². The molecule has 126 valence electrons. The molecule has 0 aromatic carbocycles.